The smallest absolute Gasteiger partial charge is 0.277 e. The second-order valence-corrected chi connectivity index (χ2v) is 7.87. The van der Waals surface area contributed by atoms with E-state index in [1.807, 2.05) is 18.2 Å². The average Bonchev–Trinajstić information content (AvgIpc) is 3.21. The van der Waals surface area contributed by atoms with Gasteiger partial charge in [0.15, 0.2) is 5.13 Å². The van der Waals surface area contributed by atoms with Crippen LogP contribution in [0.2, 0.25) is 0 Å². The zero-order valence-corrected chi connectivity index (χ0v) is 17.2. The summed E-state index contributed by atoms with van der Waals surface area (Å²) in [4.78, 5) is 41.7. The number of anilines is 1. The second-order valence-electron chi connectivity index (χ2n) is 6.86. The highest BCUT2D eigenvalue weighted by atomic mass is 32.1. The Balaban J connectivity index is 1.49. The number of carbonyl (C=O) groups excluding carboxylic acids is 1. The molecule has 160 valence electrons. The third-order valence-electron chi connectivity index (χ3n) is 4.99. The van der Waals surface area contributed by atoms with E-state index in [0.717, 1.165) is 39.3 Å². The minimum absolute atomic E-state index is 0.0681. The van der Waals surface area contributed by atoms with Crippen LogP contribution in [0.4, 0.5) is 16.5 Å². The molecule has 0 radical (unpaired) electrons. The van der Waals surface area contributed by atoms with Crippen molar-refractivity contribution in [2.24, 2.45) is 0 Å². The normalized spacial score (nSPS) is 14.0. The van der Waals surface area contributed by atoms with Crippen LogP contribution in [0.1, 0.15) is 10.4 Å². The van der Waals surface area contributed by atoms with Crippen LogP contribution >= 0.6 is 11.3 Å². The number of thiazole rings is 1. The van der Waals surface area contributed by atoms with Gasteiger partial charge in [-0.15, -0.1) is 0 Å². The third-order valence-corrected chi connectivity index (χ3v) is 6.07. The van der Waals surface area contributed by atoms with Crippen molar-refractivity contribution in [2.45, 2.75) is 0 Å². The van der Waals surface area contributed by atoms with Gasteiger partial charge in [0.1, 0.15) is 5.75 Å². The van der Waals surface area contributed by atoms with Crippen molar-refractivity contribution in [3.8, 4) is 5.75 Å². The molecule has 2 heterocycles. The zero-order valence-electron chi connectivity index (χ0n) is 16.4. The third kappa shape index (κ3) is 4.10. The lowest BCUT2D eigenvalue weighted by Crippen LogP contribution is -2.48. The summed E-state index contributed by atoms with van der Waals surface area (Å²) in [7, 11) is 1.61. The molecule has 3 aromatic rings. The topological polar surface area (TPSA) is 132 Å². The first-order chi connectivity index (χ1) is 14.9. The van der Waals surface area contributed by atoms with Gasteiger partial charge in [0, 0.05) is 38.3 Å². The predicted molar refractivity (Wildman–Crippen MR) is 114 cm³/mol. The van der Waals surface area contributed by atoms with E-state index in [2.05, 4.69) is 9.88 Å². The molecule has 0 unspecified atom stereocenters. The number of fused-ring (bicyclic) bond motifs is 1. The van der Waals surface area contributed by atoms with Crippen LogP contribution in [-0.4, -0.2) is 58.9 Å². The van der Waals surface area contributed by atoms with Crippen LogP contribution in [0.3, 0.4) is 0 Å². The Morgan fingerprint density at radius 2 is 1.68 bits per heavy atom. The molecule has 0 N–H and O–H groups in total. The van der Waals surface area contributed by atoms with Crippen molar-refractivity contribution < 1.29 is 19.4 Å². The number of hydrogen-bond acceptors (Lipinski definition) is 9. The Hall–Kier alpha value is -3.80. The Kier molecular flexibility index (Phi) is 5.38. The molecule has 0 bridgehead atoms. The molecule has 1 saturated heterocycles. The summed E-state index contributed by atoms with van der Waals surface area (Å²) in [6, 6.07) is 8.65. The molecule has 31 heavy (non-hydrogen) atoms. The first-order valence-corrected chi connectivity index (χ1v) is 10.1. The molecule has 1 amide bonds. The lowest BCUT2D eigenvalue weighted by molar-refractivity contribution is -0.394. The number of amides is 1. The van der Waals surface area contributed by atoms with Crippen molar-refractivity contribution in [2.75, 3.05) is 38.2 Å². The number of benzene rings is 2. The number of nitro benzene ring substituents is 2. The van der Waals surface area contributed by atoms with E-state index in [4.69, 9.17) is 4.74 Å². The molecule has 12 heteroatoms. The summed E-state index contributed by atoms with van der Waals surface area (Å²) < 4.78 is 6.24. The maximum atomic E-state index is 12.8. The fourth-order valence-electron chi connectivity index (χ4n) is 3.37. The largest absolute Gasteiger partial charge is 0.497 e. The average molecular weight is 443 g/mol. The standard InChI is InChI=1S/C19H17N5O6S/c1-30-15-2-3-16-17(11-15)31-19(20-16)22-6-4-21(5-7-22)18(25)12-8-13(23(26)27)10-14(9-12)24(28)29/h2-3,8-11H,4-7H2,1H3. The second kappa shape index (κ2) is 8.14. The number of piperazine rings is 1. The minimum atomic E-state index is -0.746. The van der Waals surface area contributed by atoms with Gasteiger partial charge >= 0.3 is 0 Å². The molecule has 2 aromatic carbocycles. The van der Waals surface area contributed by atoms with Crippen molar-refractivity contribution in [3.63, 3.8) is 0 Å². The van der Waals surface area contributed by atoms with E-state index >= 15 is 0 Å². The zero-order chi connectivity index (χ0) is 22.1. The number of nitro groups is 2. The highest BCUT2D eigenvalue weighted by Crippen LogP contribution is 2.32. The van der Waals surface area contributed by atoms with E-state index in [1.165, 1.54) is 16.2 Å². The van der Waals surface area contributed by atoms with E-state index < -0.39 is 27.1 Å². The molecular formula is C19H17N5O6S. The van der Waals surface area contributed by atoms with Gasteiger partial charge < -0.3 is 14.5 Å². The van der Waals surface area contributed by atoms with E-state index in [-0.39, 0.29) is 5.56 Å². The maximum Gasteiger partial charge on any atom is 0.277 e. The number of nitrogens with zero attached hydrogens (tertiary/aromatic N) is 5. The number of carbonyl (C=O) groups is 1. The van der Waals surface area contributed by atoms with Crippen LogP contribution in [-0.2, 0) is 0 Å². The Morgan fingerprint density at radius 1 is 1.03 bits per heavy atom. The van der Waals surface area contributed by atoms with Crippen LogP contribution in [0.5, 0.6) is 5.75 Å². The van der Waals surface area contributed by atoms with Gasteiger partial charge in [-0.2, -0.15) is 0 Å². The Bertz CT molecular complexity index is 1160. The molecule has 0 spiro atoms. The SMILES string of the molecule is COc1ccc2nc(N3CCN(C(=O)c4cc([N+](=O)[O-])cc([N+](=O)[O-])c4)CC3)sc2c1. The van der Waals surface area contributed by atoms with Crippen molar-refractivity contribution in [1.29, 1.82) is 0 Å². The van der Waals surface area contributed by atoms with Crippen LogP contribution < -0.4 is 9.64 Å². The molecule has 0 aliphatic carbocycles. The van der Waals surface area contributed by atoms with Crippen molar-refractivity contribution in [1.82, 2.24) is 9.88 Å². The molecule has 0 atom stereocenters. The van der Waals surface area contributed by atoms with Gasteiger partial charge in [-0.1, -0.05) is 11.3 Å². The molecule has 1 aromatic heterocycles. The highest BCUT2D eigenvalue weighted by Gasteiger charge is 2.27. The van der Waals surface area contributed by atoms with Gasteiger partial charge in [-0.25, -0.2) is 4.98 Å². The van der Waals surface area contributed by atoms with Gasteiger partial charge in [-0.05, 0) is 18.2 Å². The molecular weight excluding hydrogens is 426 g/mol. The molecule has 0 saturated carbocycles. The summed E-state index contributed by atoms with van der Waals surface area (Å²) in [6.45, 7) is 1.79. The number of ether oxygens (including phenoxy) is 1. The number of hydrogen-bond donors (Lipinski definition) is 0. The van der Waals surface area contributed by atoms with Crippen LogP contribution in [0, 0.1) is 20.2 Å². The van der Waals surface area contributed by atoms with Crippen LogP contribution in [0.25, 0.3) is 10.2 Å². The number of rotatable bonds is 5. The van der Waals surface area contributed by atoms with E-state index in [9.17, 15) is 25.0 Å². The van der Waals surface area contributed by atoms with Crippen LogP contribution in [0.15, 0.2) is 36.4 Å². The molecule has 1 aliphatic rings. The fourth-order valence-corrected chi connectivity index (χ4v) is 4.41. The highest BCUT2D eigenvalue weighted by molar-refractivity contribution is 7.22. The van der Waals surface area contributed by atoms with Gasteiger partial charge in [-0.3, -0.25) is 25.0 Å². The lowest BCUT2D eigenvalue weighted by Gasteiger charge is -2.34. The van der Waals surface area contributed by atoms with E-state index in [0.29, 0.717) is 26.2 Å². The van der Waals surface area contributed by atoms with Crippen molar-refractivity contribution >= 4 is 44.0 Å². The summed E-state index contributed by atoms with van der Waals surface area (Å²) >= 11 is 1.53. The molecule has 1 fully saturated rings. The fraction of sp³-hybridized carbons (Fsp3) is 0.263. The van der Waals surface area contributed by atoms with Crippen molar-refractivity contribution in [3.05, 3.63) is 62.2 Å². The quantitative estimate of drug-likeness (QED) is 0.434. The summed E-state index contributed by atoms with van der Waals surface area (Å²) in [6.07, 6.45) is 0. The number of aromatic nitrogens is 1. The lowest BCUT2D eigenvalue weighted by atomic mass is 10.1. The molecule has 1 aliphatic heterocycles. The number of non-ortho nitro benzene ring substituents is 2. The van der Waals surface area contributed by atoms with Gasteiger partial charge in [0.2, 0.25) is 0 Å². The summed E-state index contributed by atoms with van der Waals surface area (Å²) in [5, 5.41) is 23.0. The molecule has 4 rings (SSSR count). The van der Waals surface area contributed by atoms with Gasteiger partial charge in [0.25, 0.3) is 17.3 Å². The Labute approximate surface area is 179 Å². The maximum absolute atomic E-state index is 12.8. The predicted octanol–water partition coefficient (Wildman–Crippen LogP) is 3.08. The summed E-state index contributed by atoms with van der Waals surface area (Å²) in [5.41, 5.74) is -0.174. The first-order valence-electron chi connectivity index (χ1n) is 9.28. The molecule has 11 nitrogen and oxygen atoms in total. The van der Waals surface area contributed by atoms with Gasteiger partial charge in [0.05, 0.1) is 38.8 Å². The Morgan fingerprint density at radius 3 is 2.26 bits per heavy atom. The number of methoxy groups -OCH3 is 1. The van der Waals surface area contributed by atoms with E-state index in [1.54, 1.807) is 7.11 Å². The monoisotopic (exact) mass is 443 g/mol. The minimum Gasteiger partial charge on any atom is -0.497 e. The summed E-state index contributed by atoms with van der Waals surface area (Å²) in [5.74, 6) is 0.282. The first kappa shape index (κ1) is 20.5.